The number of likely N-dealkylation sites (N-methyl/N-ethyl adjacent to an activating group) is 1. The SMILES string of the molecule is CNCC1CCCN1S(=O)(=O)c1ccc(C)c(C(N)=O)c1.Cl. The van der Waals surface area contributed by atoms with Gasteiger partial charge in [-0.3, -0.25) is 4.79 Å². The molecule has 0 aliphatic carbocycles. The fourth-order valence-electron chi connectivity index (χ4n) is 2.73. The van der Waals surface area contributed by atoms with Gasteiger partial charge in [0.2, 0.25) is 15.9 Å². The van der Waals surface area contributed by atoms with Gasteiger partial charge in [0.15, 0.2) is 0 Å². The molecule has 2 rings (SSSR count). The van der Waals surface area contributed by atoms with Gasteiger partial charge in [-0.05, 0) is 44.5 Å². The number of hydrogen-bond acceptors (Lipinski definition) is 4. The van der Waals surface area contributed by atoms with E-state index in [1.807, 2.05) is 0 Å². The van der Waals surface area contributed by atoms with Crippen LogP contribution in [-0.4, -0.2) is 44.8 Å². The van der Waals surface area contributed by atoms with Crippen molar-refractivity contribution < 1.29 is 13.2 Å². The number of aryl methyl sites for hydroxylation is 1. The number of benzene rings is 1. The standard InChI is InChI=1S/C14H21N3O3S.ClH/c1-10-5-6-12(8-13(10)14(15)18)21(19,20)17-7-3-4-11(17)9-16-2;/h5-6,8,11,16H,3-4,7,9H2,1-2H3,(H2,15,18);1H. The fourth-order valence-corrected chi connectivity index (χ4v) is 4.45. The summed E-state index contributed by atoms with van der Waals surface area (Å²) >= 11 is 0. The predicted octanol–water partition coefficient (Wildman–Crippen LogP) is 0.888. The van der Waals surface area contributed by atoms with Crippen LogP contribution in [-0.2, 0) is 10.0 Å². The lowest BCUT2D eigenvalue weighted by molar-refractivity contribution is 0.0999. The summed E-state index contributed by atoms with van der Waals surface area (Å²) in [4.78, 5) is 11.5. The van der Waals surface area contributed by atoms with E-state index in [0.29, 0.717) is 18.7 Å². The first kappa shape index (κ1) is 18.9. The maximum atomic E-state index is 12.8. The quantitative estimate of drug-likeness (QED) is 0.827. The minimum atomic E-state index is -3.60. The first-order valence-corrected chi connectivity index (χ1v) is 8.39. The van der Waals surface area contributed by atoms with Gasteiger partial charge >= 0.3 is 0 Å². The first-order valence-electron chi connectivity index (χ1n) is 6.95. The summed E-state index contributed by atoms with van der Waals surface area (Å²) in [6.07, 6.45) is 1.69. The third-order valence-corrected chi connectivity index (χ3v) is 5.79. The van der Waals surface area contributed by atoms with E-state index in [0.717, 1.165) is 12.8 Å². The molecule has 8 heteroatoms. The van der Waals surface area contributed by atoms with Crippen molar-refractivity contribution in [2.45, 2.75) is 30.7 Å². The Kier molecular flexibility index (Phi) is 6.37. The highest BCUT2D eigenvalue weighted by Gasteiger charge is 2.35. The second-order valence-electron chi connectivity index (χ2n) is 5.31. The summed E-state index contributed by atoms with van der Waals surface area (Å²) in [6.45, 7) is 2.86. The molecular weight excluding hydrogens is 326 g/mol. The van der Waals surface area contributed by atoms with Gasteiger partial charge in [-0.2, -0.15) is 4.31 Å². The molecule has 0 spiro atoms. The van der Waals surface area contributed by atoms with Crippen molar-refractivity contribution in [3.63, 3.8) is 0 Å². The number of hydrogen-bond donors (Lipinski definition) is 2. The first-order chi connectivity index (χ1) is 9.87. The van der Waals surface area contributed by atoms with Crippen LogP contribution in [0.1, 0.15) is 28.8 Å². The Morgan fingerprint density at radius 3 is 2.73 bits per heavy atom. The van der Waals surface area contributed by atoms with Gasteiger partial charge in [-0.25, -0.2) is 8.42 Å². The molecule has 1 heterocycles. The van der Waals surface area contributed by atoms with Crippen LogP contribution in [0.5, 0.6) is 0 Å². The van der Waals surface area contributed by atoms with Gasteiger partial charge in [-0.15, -0.1) is 12.4 Å². The maximum absolute atomic E-state index is 12.8. The average molecular weight is 348 g/mol. The number of nitrogens with one attached hydrogen (secondary N) is 1. The van der Waals surface area contributed by atoms with E-state index in [1.54, 1.807) is 20.0 Å². The molecule has 1 atom stereocenters. The summed E-state index contributed by atoms with van der Waals surface area (Å²) < 4.78 is 27.0. The van der Waals surface area contributed by atoms with E-state index in [2.05, 4.69) is 5.32 Å². The minimum Gasteiger partial charge on any atom is -0.366 e. The molecule has 0 bridgehead atoms. The Balaban J connectivity index is 0.00000242. The predicted molar refractivity (Wildman–Crippen MR) is 87.8 cm³/mol. The van der Waals surface area contributed by atoms with Crippen molar-refractivity contribution in [2.24, 2.45) is 5.73 Å². The number of nitrogens with zero attached hydrogens (tertiary/aromatic N) is 1. The maximum Gasteiger partial charge on any atom is 0.249 e. The number of amides is 1. The van der Waals surface area contributed by atoms with E-state index in [4.69, 9.17) is 5.73 Å². The molecular formula is C14H22ClN3O3S. The van der Waals surface area contributed by atoms with Crippen LogP contribution in [0.3, 0.4) is 0 Å². The second-order valence-corrected chi connectivity index (χ2v) is 7.20. The molecule has 3 N–H and O–H groups in total. The van der Waals surface area contributed by atoms with Crippen LogP contribution in [0.4, 0.5) is 0 Å². The summed E-state index contributed by atoms with van der Waals surface area (Å²) in [5.41, 5.74) is 6.22. The van der Waals surface area contributed by atoms with E-state index < -0.39 is 15.9 Å². The van der Waals surface area contributed by atoms with Crippen molar-refractivity contribution in [3.05, 3.63) is 29.3 Å². The monoisotopic (exact) mass is 347 g/mol. The Morgan fingerprint density at radius 1 is 1.45 bits per heavy atom. The molecule has 0 saturated carbocycles. The number of primary amides is 1. The Labute approximate surface area is 137 Å². The molecule has 1 aromatic rings. The Bertz CT molecular complexity index is 649. The molecule has 0 aromatic heterocycles. The zero-order chi connectivity index (χ0) is 15.6. The molecule has 124 valence electrons. The van der Waals surface area contributed by atoms with Crippen molar-refractivity contribution in [3.8, 4) is 0 Å². The van der Waals surface area contributed by atoms with Crippen LogP contribution >= 0.6 is 12.4 Å². The van der Waals surface area contributed by atoms with Crippen LogP contribution in [0.2, 0.25) is 0 Å². The van der Waals surface area contributed by atoms with Gasteiger partial charge in [0, 0.05) is 24.7 Å². The summed E-state index contributed by atoms with van der Waals surface area (Å²) in [7, 11) is -1.79. The lowest BCUT2D eigenvalue weighted by Crippen LogP contribution is -2.40. The molecule has 22 heavy (non-hydrogen) atoms. The van der Waals surface area contributed by atoms with Crippen LogP contribution in [0.25, 0.3) is 0 Å². The molecule has 1 saturated heterocycles. The summed E-state index contributed by atoms with van der Waals surface area (Å²) in [6, 6.07) is 4.49. The minimum absolute atomic E-state index is 0. The fraction of sp³-hybridized carbons (Fsp3) is 0.500. The molecule has 1 unspecified atom stereocenters. The number of sulfonamides is 1. The highest BCUT2D eigenvalue weighted by atomic mass is 35.5. The van der Waals surface area contributed by atoms with Crippen molar-refractivity contribution >= 4 is 28.3 Å². The zero-order valence-electron chi connectivity index (χ0n) is 12.7. The Morgan fingerprint density at radius 2 is 2.14 bits per heavy atom. The van der Waals surface area contributed by atoms with E-state index in [1.165, 1.54) is 16.4 Å². The van der Waals surface area contributed by atoms with Gasteiger partial charge in [0.1, 0.15) is 0 Å². The van der Waals surface area contributed by atoms with Gasteiger partial charge in [0.25, 0.3) is 0 Å². The molecule has 1 fully saturated rings. The number of halogens is 1. The molecule has 6 nitrogen and oxygen atoms in total. The van der Waals surface area contributed by atoms with Gasteiger partial charge in [-0.1, -0.05) is 6.07 Å². The van der Waals surface area contributed by atoms with E-state index >= 15 is 0 Å². The third-order valence-electron chi connectivity index (χ3n) is 3.84. The van der Waals surface area contributed by atoms with Crippen molar-refractivity contribution in [1.82, 2.24) is 9.62 Å². The number of carbonyl (C=O) groups excluding carboxylic acids is 1. The smallest absolute Gasteiger partial charge is 0.249 e. The van der Waals surface area contributed by atoms with E-state index in [9.17, 15) is 13.2 Å². The topological polar surface area (TPSA) is 92.5 Å². The largest absolute Gasteiger partial charge is 0.366 e. The normalized spacial score (nSPS) is 18.9. The molecule has 1 aliphatic heterocycles. The lowest BCUT2D eigenvalue weighted by atomic mass is 10.1. The number of carbonyl (C=O) groups is 1. The number of rotatable bonds is 5. The summed E-state index contributed by atoms with van der Waals surface area (Å²) in [5, 5.41) is 3.02. The second kappa shape index (κ2) is 7.41. The van der Waals surface area contributed by atoms with Crippen LogP contribution < -0.4 is 11.1 Å². The number of nitrogens with two attached hydrogens (primary N) is 1. The van der Waals surface area contributed by atoms with Gasteiger partial charge in [0.05, 0.1) is 4.90 Å². The van der Waals surface area contributed by atoms with Crippen LogP contribution in [0, 0.1) is 6.92 Å². The van der Waals surface area contributed by atoms with Crippen molar-refractivity contribution in [1.29, 1.82) is 0 Å². The molecule has 1 aliphatic rings. The van der Waals surface area contributed by atoms with Gasteiger partial charge < -0.3 is 11.1 Å². The molecule has 1 amide bonds. The zero-order valence-corrected chi connectivity index (χ0v) is 14.3. The molecule has 0 radical (unpaired) electrons. The Hall–Kier alpha value is -1.15. The van der Waals surface area contributed by atoms with Crippen LogP contribution in [0.15, 0.2) is 23.1 Å². The lowest BCUT2D eigenvalue weighted by Gasteiger charge is -2.24. The van der Waals surface area contributed by atoms with Crippen molar-refractivity contribution in [2.75, 3.05) is 20.1 Å². The molecule has 1 aromatic carbocycles. The summed E-state index contributed by atoms with van der Waals surface area (Å²) in [5.74, 6) is -0.613. The van der Waals surface area contributed by atoms with E-state index in [-0.39, 0.29) is 28.9 Å². The average Bonchev–Trinajstić information content (AvgIpc) is 2.88. The highest BCUT2D eigenvalue weighted by molar-refractivity contribution is 7.89. The highest BCUT2D eigenvalue weighted by Crippen LogP contribution is 2.26. The third kappa shape index (κ3) is 3.60.